The zero-order chi connectivity index (χ0) is 20.1. The molecule has 0 saturated heterocycles. The highest BCUT2D eigenvalue weighted by atomic mass is 35.5. The second kappa shape index (κ2) is 8.99. The van der Waals surface area contributed by atoms with Gasteiger partial charge >= 0.3 is 5.97 Å². The first-order chi connectivity index (χ1) is 13.6. The van der Waals surface area contributed by atoms with Crippen molar-refractivity contribution in [2.75, 3.05) is 13.7 Å². The molecule has 0 aliphatic carbocycles. The number of halogens is 1. The summed E-state index contributed by atoms with van der Waals surface area (Å²) in [5.41, 5.74) is 4.06. The average molecular weight is 400 g/mol. The van der Waals surface area contributed by atoms with Crippen LogP contribution >= 0.6 is 11.6 Å². The van der Waals surface area contributed by atoms with Crippen molar-refractivity contribution in [3.05, 3.63) is 52.8 Å². The number of ether oxygens (including phenoxy) is 2. The summed E-state index contributed by atoms with van der Waals surface area (Å²) >= 11 is 6.25. The van der Waals surface area contributed by atoms with Crippen LogP contribution in [0.1, 0.15) is 25.1 Å². The van der Waals surface area contributed by atoms with Crippen LogP contribution in [0.4, 0.5) is 0 Å². The van der Waals surface area contributed by atoms with E-state index in [1.807, 2.05) is 35.9 Å². The maximum absolute atomic E-state index is 11.9. The smallest absolute Gasteiger partial charge is 0.330 e. The molecule has 0 bridgehead atoms. The van der Waals surface area contributed by atoms with Crippen molar-refractivity contribution in [2.45, 2.75) is 27.0 Å². The number of hydrogen-bond donors (Lipinski definition) is 0. The molecule has 0 spiro atoms. The number of nitrogens with zero attached hydrogens (tertiary/aromatic N) is 3. The van der Waals surface area contributed by atoms with Crippen LogP contribution in [0, 0.1) is 0 Å². The molecule has 7 heteroatoms. The van der Waals surface area contributed by atoms with Crippen molar-refractivity contribution in [1.82, 2.24) is 14.8 Å². The first-order valence-electron chi connectivity index (χ1n) is 9.07. The number of aryl methyl sites for hydroxylation is 1. The first kappa shape index (κ1) is 20.0. The van der Waals surface area contributed by atoms with Crippen molar-refractivity contribution in [1.29, 1.82) is 0 Å². The zero-order valence-electron chi connectivity index (χ0n) is 16.1. The van der Waals surface area contributed by atoms with Gasteiger partial charge in [-0.15, -0.1) is 0 Å². The van der Waals surface area contributed by atoms with Gasteiger partial charge in [-0.05, 0) is 37.6 Å². The van der Waals surface area contributed by atoms with E-state index in [2.05, 4.69) is 5.10 Å². The number of methoxy groups -OCH3 is 1. The predicted molar refractivity (Wildman–Crippen MR) is 110 cm³/mol. The number of aromatic nitrogens is 3. The monoisotopic (exact) mass is 399 g/mol. The Bertz CT molecular complexity index is 1030. The van der Waals surface area contributed by atoms with Crippen molar-refractivity contribution in [3.8, 4) is 11.1 Å². The highest BCUT2D eigenvalue weighted by molar-refractivity contribution is 6.31. The van der Waals surface area contributed by atoms with E-state index in [-0.39, 0.29) is 0 Å². The Morgan fingerprint density at radius 2 is 2.14 bits per heavy atom. The van der Waals surface area contributed by atoms with Crippen LogP contribution in [-0.2, 0) is 27.4 Å². The van der Waals surface area contributed by atoms with Gasteiger partial charge < -0.3 is 9.47 Å². The van der Waals surface area contributed by atoms with Gasteiger partial charge in [0, 0.05) is 41.3 Å². The molecule has 0 radical (unpaired) electrons. The van der Waals surface area contributed by atoms with Crippen molar-refractivity contribution in [3.63, 3.8) is 0 Å². The molecule has 3 aromatic rings. The lowest BCUT2D eigenvalue weighted by Gasteiger charge is -2.14. The molecule has 0 unspecified atom stereocenters. The van der Waals surface area contributed by atoms with Gasteiger partial charge in [0.15, 0.2) is 5.65 Å². The standard InChI is InChI=1S/C21H22ClN3O3/c1-4-25-21-17(12-23-25)20(14-7-6-8-15(22)11-14)16(18(24-21)13-27-3)9-10-19(26)28-5-2/h6-12H,4-5,13H2,1-3H3/b10-9+. The molecule has 1 aromatic carbocycles. The van der Waals surface area contributed by atoms with Crippen molar-refractivity contribution in [2.24, 2.45) is 0 Å². The summed E-state index contributed by atoms with van der Waals surface area (Å²) in [6.45, 7) is 5.08. The van der Waals surface area contributed by atoms with E-state index < -0.39 is 5.97 Å². The summed E-state index contributed by atoms with van der Waals surface area (Å²) < 4.78 is 12.2. The van der Waals surface area contributed by atoms with Gasteiger partial charge in [-0.25, -0.2) is 14.5 Å². The molecule has 146 valence electrons. The van der Waals surface area contributed by atoms with Crippen LogP contribution in [0.5, 0.6) is 0 Å². The number of carbonyl (C=O) groups is 1. The maximum atomic E-state index is 11.9. The minimum absolute atomic E-state index is 0.293. The van der Waals surface area contributed by atoms with E-state index in [9.17, 15) is 4.79 Å². The Labute approximate surface area is 168 Å². The fraction of sp³-hybridized carbons (Fsp3) is 0.286. The molecule has 0 saturated carbocycles. The van der Waals surface area contributed by atoms with Gasteiger partial charge in [-0.3, -0.25) is 0 Å². The summed E-state index contributed by atoms with van der Waals surface area (Å²) in [6.07, 6.45) is 4.92. The van der Waals surface area contributed by atoms with E-state index in [4.69, 9.17) is 26.1 Å². The molecular formula is C21H22ClN3O3. The fourth-order valence-electron chi connectivity index (χ4n) is 3.11. The van der Waals surface area contributed by atoms with Crippen LogP contribution in [-0.4, -0.2) is 34.5 Å². The second-order valence-electron chi connectivity index (χ2n) is 6.07. The normalized spacial score (nSPS) is 11.4. The minimum Gasteiger partial charge on any atom is -0.463 e. The molecule has 28 heavy (non-hydrogen) atoms. The van der Waals surface area contributed by atoms with Crippen LogP contribution in [0.25, 0.3) is 28.2 Å². The molecule has 0 fully saturated rings. The summed E-state index contributed by atoms with van der Waals surface area (Å²) in [7, 11) is 1.61. The van der Waals surface area contributed by atoms with E-state index in [1.54, 1.807) is 26.3 Å². The second-order valence-corrected chi connectivity index (χ2v) is 6.51. The van der Waals surface area contributed by atoms with E-state index >= 15 is 0 Å². The predicted octanol–water partition coefficient (Wildman–Crippen LogP) is 4.49. The fourth-order valence-corrected chi connectivity index (χ4v) is 3.30. The largest absolute Gasteiger partial charge is 0.463 e. The van der Waals surface area contributed by atoms with Crippen LogP contribution in [0.3, 0.4) is 0 Å². The first-order valence-corrected chi connectivity index (χ1v) is 9.44. The Morgan fingerprint density at radius 1 is 1.32 bits per heavy atom. The molecule has 0 N–H and O–H groups in total. The zero-order valence-corrected chi connectivity index (χ0v) is 16.9. The Hall–Kier alpha value is -2.70. The van der Waals surface area contributed by atoms with E-state index in [1.165, 1.54) is 6.08 Å². The van der Waals surface area contributed by atoms with Crippen LogP contribution in [0.2, 0.25) is 5.02 Å². The van der Waals surface area contributed by atoms with Gasteiger partial charge in [-0.2, -0.15) is 5.10 Å². The Balaban J connectivity index is 2.32. The Morgan fingerprint density at radius 3 is 2.82 bits per heavy atom. The lowest BCUT2D eigenvalue weighted by Crippen LogP contribution is -2.05. The highest BCUT2D eigenvalue weighted by Gasteiger charge is 2.18. The maximum Gasteiger partial charge on any atom is 0.330 e. The van der Waals surface area contributed by atoms with Crippen molar-refractivity contribution >= 4 is 34.7 Å². The third-order valence-electron chi connectivity index (χ3n) is 4.27. The molecule has 0 aliphatic heterocycles. The van der Waals surface area contributed by atoms with Crippen LogP contribution < -0.4 is 0 Å². The lowest BCUT2D eigenvalue weighted by atomic mass is 9.95. The van der Waals surface area contributed by atoms with Crippen LogP contribution in [0.15, 0.2) is 36.5 Å². The summed E-state index contributed by atoms with van der Waals surface area (Å²) in [5.74, 6) is -0.410. The topological polar surface area (TPSA) is 66.2 Å². The van der Waals surface area contributed by atoms with Gasteiger partial charge in [0.1, 0.15) is 0 Å². The average Bonchev–Trinajstić information content (AvgIpc) is 3.08. The number of rotatable bonds is 7. The number of benzene rings is 1. The molecule has 6 nitrogen and oxygen atoms in total. The lowest BCUT2D eigenvalue weighted by molar-refractivity contribution is -0.137. The molecule has 2 heterocycles. The highest BCUT2D eigenvalue weighted by Crippen LogP contribution is 2.35. The van der Waals surface area contributed by atoms with E-state index in [0.29, 0.717) is 30.5 Å². The number of fused-ring (bicyclic) bond motifs is 1. The number of carbonyl (C=O) groups excluding carboxylic acids is 1. The minimum atomic E-state index is -0.410. The summed E-state index contributed by atoms with van der Waals surface area (Å²) in [6, 6.07) is 7.58. The van der Waals surface area contributed by atoms with Gasteiger partial charge in [-0.1, -0.05) is 23.7 Å². The summed E-state index contributed by atoms with van der Waals surface area (Å²) in [5, 5.41) is 5.96. The molecule has 0 aliphatic rings. The van der Waals surface area contributed by atoms with E-state index in [0.717, 1.165) is 27.7 Å². The quantitative estimate of drug-likeness (QED) is 0.432. The number of pyridine rings is 1. The van der Waals surface area contributed by atoms with Gasteiger partial charge in [0.25, 0.3) is 0 Å². The summed E-state index contributed by atoms with van der Waals surface area (Å²) in [4.78, 5) is 16.7. The molecule has 0 amide bonds. The SMILES string of the molecule is CCOC(=O)/C=C/c1c(COC)nc2c(cnn2CC)c1-c1cccc(Cl)c1. The number of esters is 1. The molecular weight excluding hydrogens is 378 g/mol. The molecule has 2 aromatic heterocycles. The van der Waals surface area contributed by atoms with Crippen molar-refractivity contribution < 1.29 is 14.3 Å². The molecule has 3 rings (SSSR count). The Kier molecular flexibility index (Phi) is 6.44. The third-order valence-corrected chi connectivity index (χ3v) is 4.50. The van der Waals surface area contributed by atoms with Gasteiger partial charge in [0.2, 0.25) is 0 Å². The number of hydrogen-bond acceptors (Lipinski definition) is 5. The third kappa shape index (κ3) is 4.08. The molecule has 0 atom stereocenters. The van der Waals surface area contributed by atoms with Gasteiger partial charge in [0.05, 0.1) is 25.1 Å².